The quantitative estimate of drug-likeness (QED) is 0.543. The molecule has 1 aliphatic rings. The summed E-state index contributed by atoms with van der Waals surface area (Å²) in [6.45, 7) is 6.73. The highest BCUT2D eigenvalue weighted by Gasteiger charge is 2.26. The molecule has 0 N–H and O–H groups in total. The Morgan fingerprint density at radius 2 is 2.10 bits per heavy atom. The number of carbonyl (C=O) groups excluding carboxylic acids is 1. The molecule has 1 rings (SSSR count). The maximum Gasteiger partial charge on any atom is 0.156 e. The zero-order chi connectivity index (χ0) is 16.0. The fourth-order valence-electron chi connectivity index (χ4n) is 2.64. The number of carbonyl (C=O) groups is 1. The van der Waals surface area contributed by atoms with Crippen molar-refractivity contribution >= 4 is 34.1 Å². The van der Waals surface area contributed by atoms with Crippen LogP contribution in [0.4, 0.5) is 0 Å². The number of hydrogen-bond acceptors (Lipinski definition) is 3. The topological polar surface area (TPSA) is 20.3 Å². The van der Waals surface area contributed by atoms with E-state index in [4.69, 9.17) is 12.2 Å². The second kappa shape index (κ2) is 8.14. The highest BCUT2D eigenvalue weighted by Crippen LogP contribution is 2.40. The van der Waals surface area contributed by atoms with Crippen molar-refractivity contribution in [3.8, 4) is 0 Å². The van der Waals surface area contributed by atoms with E-state index in [0.29, 0.717) is 6.42 Å². The first-order valence-corrected chi connectivity index (χ1v) is 8.88. The van der Waals surface area contributed by atoms with Crippen LogP contribution >= 0.6 is 24.0 Å². The Labute approximate surface area is 139 Å². The SMILES string of the molecule is CC1=C(/C=C/C(=O)CCSC(=S)N(C)C)C(C)(C)CCC1. The second-order valence-electron chi connectivity index (χ2n) is 6.49. The van der Waals surface area contributed by atoms with Crippen molar-refractivity contribution in [2.75, 3.05) is 19.8 Å². The van der Waals surface area contributed by atoms with Gasteiger partial charge in [0, 0.05) is 26.3 Å². The Kier molecular flexibility index (Phi) is 7.14. The molecule has 0 aliphatic heterocycles. The summed E-state index contributed by atoms with van der Waals surface area (Å²) in [5.74, 6) is 0.937. The monoisotopic (exact) mass is 325 g/mol. The van der Waals surface area contributed by atoms with Gasteiger partial charge in [0.05, 0.1) is 0 Å². The first-order valence-electron chi connectivity index (χ1n) is 7.49. The number of nitrogens with zero attached hydrogens (tertiary/aromatic N) is 1. The number of hydrogen-bond donors (Lipinski definition) is 0. The van der Waals surface area contributed by atoms with E-state index < -0.39 is 0 Å². The summed E-state index contributed by atoms with van der Waals surface area (Å²) in [7, 11) is 3.86. The van der Waals surface area contributed by atoms with Crippen LogP contribution in [0.3, 0.4) is 0 Å². The summed E-state index contributed by atoms with van der Waals surface area (Å²) < 4.78 is 0.832. The van der Waals surface area contributed by atoms with Crippen LogP contribution in [0, 0.1) is 5.41 Å². The minimum absolute atomic E-state index is 0.186. The minimum atomic E-state index is 0.186. The van der Waals surface area contributed by atoms with Crippen LogP contribution < -0.4 is 0 Å². The molecule has 4 heteroatoms. The third-order valence-electron chi connectivity index (χ3n) is 3.92. The lowest BCUT2D eigenvalue weighted by atomic mass is 9.72. The van der Waals surface area contributed by atoms with Crippen molar-refractivity contribution in [1.82, 2.24) is 4.90 Å². The van der Waals surface area contributed by atoms with Gasteiger partial charge in [-0.25, -0.2) is 0 Å². The van der Waals surface area contributed by atoms with Crippen LogP contribution in [-0.2, 0) is 4.79 Å². The molecule has 21 heavy (non-hydrogen) atoms. The van der Waals surface area contributed by atoms with Gasteiger partial charge in [0.1, 0.15) is 4.32 Å². The molecule has 0 saturated carbocycles. The van der Waals surface area contributed by atoms with Crippen LogP contribution in [0.1, 0.15) is 46.5 Å². The normalized spacial score (nSPS) is 18.1. The summed E-state index contributed by atoms with van der Waals surface area (Å²) >= 11 is 6.76. The van der Waals surface area contributed by atoms with E-state index in [1.54, 1.807) is 17.8 Å². The third kappa shape index (κ3) is 5.95. The van der Waals surface area contributed by atoms with Gasteiger partial charge in [0.15, 0.2) is 5.78 Å². The molecule has 0 amide bonds. The molecule has 0 unspecified atom stereocenters. The molecule has 0 aromatic carbocycles. The number of thiocarbonyl (C=S) groups is 1. The van der Waals surface area contributed by atoms with Gasteiger partial charge in [-0.2, -0.15) is 0 Å². The van der Waals surface area contributed by atoms with Crippen molar-refractivity contribution in [1.29, 1.82) is 0 Å². The predicted molar refractivity (Wildman–Crippen MR) is 97.8 cm³/mol. The van der Waals surface area contributed by atoms with Gasteiger partial charge in [-0.1, -0.05) is 49.5 Å². The maximum atomic E-state index is 12.0. The van der Waals surface area contributed by atoms with Gasteiger partial charge in [-0.05, 0) is 43.3 Å². The van der Waals surface area contributed by atoms with Crippen molar-refractivity contribution in [2.24, 2.45) is 5.41 Å². The smallest absolute Gasteiger partial charge is 0.156 e. The van der Waals surface area contributed by atoms with Crippen molar-refractivity contribution in [2.45, 2.75) is 46.5 Å². The van der Waals surface area contributed by atoms with Gasteiger partial charge < -0.3 is 4.90 Å². The van der Waals surface area contributed by atoms with E-state index in [0.717, 1.165) is 16.5 Å². The Balaban J connectivity index is 2.52. The average molecular weight is 326 g/mol. The molecule has 0 bridgehead atoms. The lowest BCUT2D eigenvalue weighted by Gasteiger charge is -2.32. The Bertz CT molecular complexity index is 461. The molecule has 0 aromatic heterocycles. The summed E-state index contributed by atoms with van der Waals surface area (Å²) in [6.07, 6.45) is 7.96. The summed E-state index contributed by atoms with van der Waals surface area (Å²) in [5.41, 5.74) is 2.97. The highest BCUT2D eigenvalue weighted by atomic mass is 32.2. The van der Waals surface area contributed by atoms with Crippen LogP contribution in [0.5, 0.6) is 0 Å². The third-order valence-corrected chi connectivity index (χ3v) is 5.66. The fourth-order valence-corrected chi connectivity index (χ4v) is 3.62. The Morgan fingerprint density at radius 3 is 2.67 bits per heavy atom. The van der Waals surface area contributed by atoms with Gasteiger partial charge in [0.25, 0.3) is 0 Å². The lowest BCUT2D eigenvalue weighted by molar-refractivity contribution is -0.114. The first-order chi connectivity index (χ1) is 9.74. The molecule has 0 saturated heterocycles. The maximum absolute atomic E-state index is 12.0. The van der Waals surface area contributed by atoms with Crippen molar-refractivity contribution < 1.29 is 4.79 Å². The minimum Gasteiger partial charge on any atom is -0.364 e. The van der Waals surface area contributed by atoms with E-state index >= 15 is 0 Å². The summed E-state index contributed by atoms with van der Waals surface area (Å²) in [4.78, 5) is 13.9. The van der Waals surface area contributed by atoms with Crippen LogP contribution in [-0.4, -0.2) is 34.9 Å². The van der Waals surface area contributed by atoms with Gasteiger partial charge in [-0.3, -0.25) is 4.79 Å². The van der Waals surface area contributed by atoms with E-state index in [9.17, 15) is 4.79 Å². The average Bonchev–Trinajstić information content (AvgIpc) is 2.37. The Morgan fingerprint density at radius 1 is 1.43 bits per heavy atom. The van der Waals surface area contributed by atoms with Gasteiger partial charge in [0.2, 0.25) is 0 Å². The standard InChI is InChI=1S/C17H27NOS2/c1-13-7-6-11-17(2,3)15(13)9-8-14(19)10-12-21-16(20)18(4)5/h8-9H,6-7,10-12H2,1-5H3/b9-8+. The molecule has 0 aromatic rings. The highest BCUT2D eigenvalue weighted by molar-refractivity contribution is 8.22. The largest absolute Gasteiger partial charge is 0.364 e. The molecule has 118 valence electrons. The molecule has 1 aliphatic carbocycles. The Hall–Kier alpha value is -0.610. The summed E-state index contributed by atoms with van der Waals surface area (Å²) in [6, 6.07) is 0. The van der Waals surface area contributed by atoms with E-state index in [1.165, 1.54) is 24.0 Å². The molecular formula is C17H27NOS2. The fraction of sp³-hybridized carbons (Fsp3) is 0.647. The van der Waals surface area contributed by atoms with E-state index in [1.807, 2.05) is 25.1 Å². The van der Waals surface area contributed by atoms with Gasteiger partial charge >= 0.3 is 0 Å². The molecular weight excluding hydrogens is 298 g/mol. The molecule has 2 nitrogen and oxygen atoms in total. The molecule has 0 heterocycles. The predicted octanol–water partition coefficient (Wildman–Crippen LogP) is 4.61. The van der Waals surface area contributed by atoms with Crippen LogP contribution in [0.15, 0.2) is 23.3 Å². The van der Waals surface area contributed by atoms with E-state index in [2.05, 4.69) is 20.8 Å². The van der Waals surface area contributed by atoms with Crippen LogP contribution in [0.25, 0.3) is 0 Å². The molecule has 0 fully saturated rings. The number of rotatable bonds is 5. The van der Waals surface area contributed by atoms with Crippen LogP contribution in [0.2, 0.25) is 0 Å². The van der Waals surface area contributed by atoms with Crippen molar-refractivity contribution in [3.63, 3.8) is 0 Å². The zero-order valence-electron chi connectivity index (χ0n) is 13.9. The van der Waals surface area contributed by atoms with E-state index in [-0.39, 0.29) is 11.2 Å². The zero-order valence-corrected chi connectivity index (χ0v) is 15.5. The van der Waals surface area contributed by atoms with Crippen molar-refractivity contribution in [3.05, 3.63) is 23.3 Å². The van der Waals surface area contributed by atoms with Gasteiger partial charge in [-0.15, -0.1) is 0 Å². The molecule has 0 radical (unpaired) electrons. The number of allylic oxidation sites excluding steroid dienone is 4. The summed E-state index contributed by atoms with van der Waals surface area (Å²) in [5, 5.41) is 0. The lowest BCUT2D eigenvalue weighted by Crippen LogP contribution is -2.19. The first kappa shape index (κ1) is 18.4. The number of thioether (sulfide) groups is 1. The number of ketones is 1. The molecule has 0 atom stereocenters. The second-order valence-corrected chi connectivity index (χ2v) is 8.22. The molecule has 0 spiro atoms.